The van der Waals surface area contributed by atoms with E-state index in [4.69, 9.17) is 24.9 Å². The van der Waals surface area contributed by atoms with Gasteiger partial charge >= 0.3 is 0 Å². The van der Waals surface area contributed by atoms with Gasteiger partial charge in [0.15, 0.2) is 23.3 Å². The van der Waals surface area contributed by atoms with Crippen molar-refractivity contribution in [1.82, 2.24) is 29.5 Å². The fourth-order valence-electron chi connectivity index (χ4n) is 8.14. The molecule has 0 radical (unpaired) electrons. The number of para-hydroxylation sites is 2. The first-order chi connectivity index (χ1) is 30.2. The lowest BCUT2D eigenvalue weighted by Gasteiger charge is -2.15. The SMILES string of the molecule is c1ccc(-c2cc(-c3cc(-c4nc(-c5ccccc5)nc(-c5ccccc5)n4)ccc3-c3ccc4c(c3)c3ccccc3n4-c3ccccc3)nc(-c3ccccc3)n2)cc1. The van der Waals surface area contributed by atoms with Crippen LogP contribution in [0.4, 0.5) is 0 Å². The molecule has 0 atom stereocenters. The molecule has 11 rings (SSSR count). The van der Waals surface area contributed by atoms with Crippen LogP contribution in [-0.2, 0) is 0 Å². The predicted octanol–water partition coefficient (Wildman–Crippen LogP) is 13.4. The van der Waals surface area contributed by atoms with E-state index >= 15 is 0 Å². The second kappa shape index (κ2) is 15.4. The van der Waals surface area contributed by atoms with E-state index < -0.39 is 0 Å². The molecule has 0 amide bonds. The monoisotopic (exact) mass is 780 g/mol. The van der Waals surface area contributed by atoms with E-state index in [2.05, 4.69) is 126 Å². The summed E-state index contributed by atoms with van der Waals surface area (Å²) in [5.74, 6) is 2.43. The fraction of sp³-hybridized carbons (Fsp3) is 0. The standard InChI is InChI=1S/C55H36N6/c1-6-18-37(19-7-1)48-36-49(57-52(56-48)38-20-8-2-9-21-38)46-35-42(55-59-53(39-22-10-3-11-23-39)58-54(60-55)40-24-12-4-13-25-40)30-32-44(46)41-31-33-51-47(34-41)45-28-16-17-29-50(45)61(51)43-26-14-5-15-27-43/h1-36H. The molecule has 0 bridgehead atoms. The van der Waals surface area contributed by atoms with Crippen LogP contribution in [0.5, 0.6) is 0 Å². The Bertz CT molecular complexity index is 3220. The molecule has 286 valence electrons. The summed E-state index contributed by atoms with van der Waals surface area (Å²) >= 11 is 0. The molecule has 3 heterocycles. The normalized spacial score (nSPS) is 11.3. The molecule has 3 aromatic heterocycles. The van der Waals surface area contributed by atoms with Crippen LogP contribution in [0.2, 0.25) is 0 Å². The Morgan fingerprint density at radius 3 is 1.33 bits per heavy atom. The van der Waals surface area contributed by atoms with E-state index in [1.165, 1.54) is 10.8 Å². The van der Waals surface area contributed by atoms with E-state index in [0.29, 0.717) is 23.3 Å². The summed E-state index contributed by atoms with van der Waals surface area (Å²) < 4.78 is 2.34. The number of hydrogen-bond donors (Lipinski definition) is 0. The number of benzene rings is 8. The first-order valence-corrected chi connectivity index (χ1v) is 20.3. The highest BCUT2D eigenvalue weighted by molar-refractivity contribution is 6.11. The van der Waals surface area contributed by atoms with E-state index in [1.807, 2.05) is 97.1 Å². The third kappa shape index (κ3) is 6.82. The van der Waals surface area contributed by atoms with Crippen molar-refractivity contribution in [3.63, 3.8) is 0 Å². The lowest BCUT2D eigenvalue weighted by atomic mass is 9.93. The second-order valence-electron chi connectivity index (χ2n) is 14.9. The summed E-state index contributed by atoms with van der Waals surface area (Å²) in [6.07, 6.45) is 0. The van der Waals surface area contributed by atoms with Crippen LogP contribution in [0.15, 0.2) is 218 Å². The van der Waals surface area contributed by atoms with Crippen LogP contribution in [0.25, 0.3) is 107 Å². The van der Waals surface area contributed by atoms with Gasteiger partial charge < -0.3 is 4.57 Å². The third-order valence-corrected chi connectivity index (χ3v) is 11.1. The van der Waals surface area contributed by atoms with Crippen LogP contribution in [0.1, 0.15) is 0 Å². The number of nitrogens with zero attached hydrogens (tertiary/aromatic N) is 6. The topological polar surface area (TPSA) is 69.4 Å². The zero-order valence-corrected chi connectivity index (χ0v) is 33.0. The van der Waals surface area contributed by atoms with Gasteiger partial charge in [-0.3, -0.25) is 0 Å². The lowest BCUT2D eigenvalue weighted by molar-refractivity contribution is 1.07. The molecule has 0 saturated heterocycles. The van der Waals surface area contributed by atoms with Gasteiger partial charge in [0.25, 0.3) is 0 Å². The molecule has 11 aromatic rings. The maximum absolute atomic E-state index is 5.34. The van der Waals surface area contributed by atoms with E-state index in [0.717, 1.165) is 72.6 Å². The van der Waals surface area contributed by atoms with Crippen molar-refractivity contribution >= 4 is 21.8 Å². The molecule has 0 aliphatic rings. The Balaban J connectivity index is 1.17. The molecule has 0 spiro atoms. The van der Waals surface area contributed by atoms with Gasteiger partial charge in [0.05, 0.1) is 22.4 Å². The van der Waals surface area contributed by atoms with Crippen molar-refractivity contribution in [1.29, 1.82) is 0 Å². The summed E-state index contributed by atoms with van der Waals surface area (Å²) in [6, 6.07) is 75.2. The number of fused-ring (bicyclic) bond motifs is 3. The molecule has 8 aromatic carbocycles. The Morgan fingerprint density at radius 2 is 0.721 bits per heavy atom. The molecule has 6 heteroatoms. The Morgan fingerprint density at radius 1 is 0.262 bits per heavy atom. The largest absolute Gasteiger partial charge is 0.309 e. The van der Waals surface area contributed by atoms with Crippen molar-refractivity contribution < 1.29 is 0 Å². The van der Waals surface area contributed by atoms with Crippen molar-refractivity contribution in [2.45, 2.75) is 0 Å². The van der Waals surface area contributed by atoms with Crippen molar-refractivity contribution in [2.24, 2.45) is 0 Å². The lowest BCUT2D eigenvalue weighted by Crippen LogP contribution is -2.01. The molecular formula is C55H36N6. The summed E-state index contributed by atoms with van der Waals surface area (Å²) in [6.45, 7) is 0. The minimum atomic E-state index is 0.572. The average Bonchev–Trinajstić information content (AvgIpc) is 3.68. The molecule has 0 saturated carbocycles. The smallest absolute Gasteiger partial charge is 0.164 e. The maximum Gasteiger partial charge on any atom is 0.164 e. The Labute approximate surface area is 353 Å². The second-order valence-corrected chi connectivity index (χ2v) is 14.9. The predicted molar refractivity (Wildman–Crippen MR) is 248 cm³/mol. The zero-order chi connectivity index (χ0) is 40.5. The van der Waals surface area contributed by atoms with Crippen LogP contribution in [0, 0.1) is 0 Å². The van der Waals surface area contributed by atoms with Crippen molar-refractivity contribution in [3.8, 4) is 84.9 Å². The van der Waals surface area contributed by atoms with Gasteiger partial charge in [-0.2, -0.15) is 0 Å². The van der Waals surface area contributed by atoms with Gasteiger partial charge in [-0.15, -0.1) is 0 Å². The van der Waals surface area contributed by atoms with Crippen LogP contribution in [-0.4, -0.2) is 29.5 Å². The Hall–Kier alpha value is -8.35. The highest BCUT2D eigenvalue weighted by Crippen LogP contribution is 2.40. The van der Waals surface area contributed by atoms with Crippen molar-refractivity contribution in [3.05, 3.63) is 218 Å². The fourth-order valence-corrected chi connectivity index (χ4v) is 8.14. The minimum absolute atomic E-state index is 0.572. The summed E-state index contributed by atoms with van der Waals surface area (Å²) in [4.78, 5) is 25.7. The maximum atomic E-state index is 5.34. The first kappa shape index (κ1) is 35.8. The van der Waals surface area contributed by atoms with Gasteiger partial charge in [0.1, 0.15) is 0 Å². The Kier molecular flexibility index (Phi) is 9.06. The molecular weight excluding hydrogens is 745 g/mol. The summed E-state index contributed by atoms with van der Waals surface area (Å²) in [5.41, 5.74) is 12.7. The highest BCUT2D eigenvalue weighted by Gasteiger charge is 2.20. The van der Waals surface area contributed by atoms with Gasteiger partial charge in [0, 0.05) is 49.8 Å². The summed E-state index contributed by atoms with van der Waals surface area (Å²) in [7, 11) is 0. The van der Waals surface area contributed by atoms with E-state index in [-0.39, 0.29) is 0 Å². The van der Waals surface area contributed by atoms with Crippen molar-refractivity contribution in [2.75, 3.05) is 0 Å². The van der Waals surface area contributed by atoms with Crippen LogP contribution < -0.4 is 0 Å². The van der Waals surface area contributed by atoms with Crippen LogP contribution >= 0.6 is 0 Å². The molecule has 6 nitrogen and oxygen atoms in total. The molecule has 0 N–H and O–H groups in total. The molecule has 0 fully saturated rings. The van der Waals surface area contributed by atoms with Gasteiger partial charge in [-0.25, -0.2) is 24.9 Å². The van der Waals surface area contributed by atoms with E-state index in [9.17, 15) is 0 Å². The first-order valence-electron chi connectivity index (χ1n) is 20.3. The third-order valence-electron chi connectivity index (χ3n) is 11.1. The quantitative estimate of drug-likeness (QED) is 0.154. The zero-order valence-electron chi connectivity index (χ0n) is 33.0. The van der Waals surface area contributed by atoms with E-state index in [1.54, 1.807) is 0 Å². The molecule has 0 aliphatic carbocycles. The van der Waals surface area contributed by atoms with Gasteiger partial charge in [-0.05, 0) is 53.6 Å². The van der Waals surface area contributed by atoms with Gasteiger partial charge in [-0.1, -0.05) is 176 Å². The average molecular weight is 781 g/mol. The number of aromatic nitrogens is 6. The highest BCUT2D eigenvalue weighted by atomic mass is 15.0. The number of hydrogen-bond acceptors (Lipinski definition) is 5. The summed E-state index contributed by atoms with van der Waals surface area (Å²) in [5, 5.41) is 2.36. The number of rotatable bonds is 8. The minimum Gasteiger partial charge on any atom is -0.309 e. The van der Waals surface area contributed by atoms with Gasteiger partial charge in [0.2, 0.25) is 0 Å². The molecule has 0 aliphatic heterocycles. The molecule has 61 heavy (non-hydrogen) atoms. The molecule has 0 unspecified atom stereocenters. The van der Waals surface area contributed by atoms with Crippen LogP contribution in [0.3, 0.4) is 0 Å².